The number of aliphatic hydroxyl groups is 1. The second kappa shape index (κ2) is 12.5. The number of aromatic nitrogens is 2. The van der Waals surface area contributed by atoms with Crippen molar-refractivity contribution >= 4 is 23.5 Å². The molecule has 0 saturated carbocycles. The van der Waals surface area contributed by atoms with E-state index >= 15 is 0 Å². The Morgan fingerprint density at radius 1 is 1.18 bits per heavy atom. The number of aliphatic hydroxyl groups excluding tert-OH is 1. The van der Waals surface area contributed by atoms with Crippen LogP contribution in [0.4, 0.5) is 20.4 Å². The van der Waals surface area contributed by atoms with Gasteiger partial charge < -0.3 is 30.7 Å². The number of carbonyl (C=O) groups is 2. The molecule has 0 bridgehead atoms. The first-order valence-corrected chi connectivity index (χ1v) is 12.4. The van der Waals surface area contributed by atoms with Gasteiger partial charge in [0.15, 0.2) is 0 Å². The topological polar surface area (TPSA) is 129 Å². The lowest BCUT2D eigenvalue weighted by Crippen LogP contribution is -2.41. The number of anilines is 2. The van der Waals surface area contributed by atoms with Gasteiger partial charge in [0.1, 0.15) is 5.75 Å². The number of hydrogen-bond acceptors (Lipinski definition) is 8. The maximum Gasteiger partial charge on any atom is 0.387 e. The summed E-state index contributed by atoms with van der Waals surface area (Å²) in [5, 5.41) is 18.4. The monoisotopic (exact) mass is 540 g/mol. The molecule has 2 aromatic carbocycles. The van der Waals surface area contributed by atoms with Gasteiger partial charge in [-0.3, -0.25) is 9.59 Å². The summed E-state index contributed by atoms with van der Waals surface area (Å²) >= 11 is 0. The molecule has 1 saturated heterocycles. The number of halogens is 2. The van der Waals surface area contributed by atoms with Gasteiger partial charge in [-0.25, -0.2) is 9.97 Å². The van der Waals surface area contributed by atoms with E-state index in [4.69, 9.17) is 0 Å². The molecule has 4 rings (SSSR count). The Morgan fingerprint density at radius 2 is 1.95 bits per heavy atom. The van der Waals surface area contributed by atoms with Crippen LogP contribution in [0.5, 0.6) is 5.75 Å². The minimum absolute atomic E-state index is 0.0323. The maximum absolute atomic E-state index is 12.9. The van der Waals surface area contributed by atoms with E-state index in [-0.39, 0.29) is 36.8 Å². The average Bonchev–Trinajstić information content (AvgIpc) is 2.94. The van der Waals surface area contributed by atoms with Crippen LogP contribution >= 0.6 is 0 Å². The fraction of sp³-hybridized carbons (Fsp3) is 0.333. The zero-order valence-corrected chi connectivity index (χ0v) is 21.6. The molecule has 4 N–H and O–H groups in total. The largest absolute Gasteiger partial charge is 0.434 e. The molecule has 1 aliphatic rings. The van der Waals surface area contributed by atoms with Crippen molar-refractivity contribution < 1.29 is 28.2 Å². The Balaban J connectivity index is 1.55. The summed E-state index contributed by atoms with van der Waals surface area (Å²) in [6, 6.07) is 9.55. The van der Waals surface area contributed by atoms with E-state index in [0.29, 0.717) is 46.9 Å². The molecule has 0 aliphatic carbocycles. The van der Waals surface area contributed by atoms with Crippen molar-refractivity contribution in [3.8, 4) is 16.9 Å². The van der Waals surface area contributed by atoms with Crippen LogP contribution in [0.3, 0.4) is 0 Å². The summed E-state index contributed by atoms with van der Waals surface area (Å²) in [6.45, 7) is -2.55. The molecule has 206 valence electrons. The van der Waals surface area contributed by atoms with Crippen LogP contribution in [0.2, 0.25) is 0 Å². The normalized spacial score (nSPS) is 15.3. The average molecular weight is 541 g/mol. The molecule has 39 heavy (non-hydrogen) atoms. The summed E-state index contributed by atoms with van der Waals surface area (Å²) in [5.41, 5.74) is 3.14. The van der Waals surface area contributed by atoms with Crippen molar-refractivity contribution in [1.29, 1.82) is 0 Å². The third-order valence-electron chi connectivity index (χ3n) is 6.46. The van der Waals surface area contributed by atoms with Crippen molar-refractivity contribution in [2.45, 2.75) is 38.6 Å². The van der Waals surface area contributed by atoms with E-state index in [9.17, 15) is 23.5 Å². The van der Waals surface area contributed by atoms with Crippen molar-refractivity contribution in [3.05, 3.63) is 65.5 Å². The Kier molecular flexibility index (Phi) is 8.87. The second-order valence-corrected chi connectivity index (χ2v) is 9.12. The number of hydrogen-bond donors (Lipinski definition) is 4. The molecule has 1 unspecified atom stereocenters. The minimum Gasteiger partial charge on any atom is -0.434 e. The standard InChI is InChI=1S/C27H30F2N6O4/c1-30-25(38)21-5-4-17(19-13-32-27(33-14-19)34-20-7-8-35(2)24(37)11-20)10-22(21)31-12-18-9-16(15-36)3-6-23(18)39-26(28)29/h3-6,9-10,13-14,20,26,31,36H,7-8,11-12,15H2,1-2H3,(H,30,38)(H,32,33,34). The molecule has 1 atom stereocenters. The number of nitrogens with one attached hydrogen (secondary N) is 3. The molecule has 3 aromatic rings. The molecule has 1 aliphatic heterocycles. The molecule has 2 heterocycles. The summed E-state index contributed by atoms with van der Waals surface area (Å²) < 4.78 is 30.5. The fourth-order valence-corrected chi connectivity index (χ4v) is 4.27. The van der Waals surface area contributed by atoms with E-state index in [0.717, 1.165) is 12.0 Å². The van der Waals surface area contributed by atoms with Crippen LogP contribution in [0, 0.1) is 0 Å². The highest BCUT2D eigenvalue weighted by Crippen LogP contribution is 2.28. The summed E-state index contributed by atoms with van der Waals surface area (Å²) in [7, 11) is 3.29. The van der Waals surface area contributed by atoms with Gasteiger partial charge in [-0.05, 0) is 41.8 Å². The molecule has 1 aromatic heterocycles. The highest BCUT2D eigenvalue weighted by atomic mass is 19.3. The van der Waals surface area contributed by atoms with E-state index in [1.165, 1.54) is 19.2 Å². The first kappa shape index (κ1) is 27.7. The molecular formula is C27H30F2N6O4. The zero-order chi connectivity index (χ0) is 27.9. The van der Waals surface area contributed by atoms with E-state index in [1.807, 2.05) is 0 Å². The number of nitrogens with zero attached hydrogens (tertiary/aromatic N) is 3. The first-order chi connectivity index (χ1) is 18.8. The molecule has 0 radical (unpaired) electrons. The third kappa shape index (κ3) is 6.96. The Morgan fingerprint density at radius 3 is 2.62 bits per heavy atom. The Labute approximate surface area is 224 Å². The highest BCUT2D eigenvalue weighted by Gasteiger charge is 2.23. The van der Waals surface area contributed by atoms with Crippen LogP contribution in [-0.2, 0) is 17.9 Å². The molecular weight excluding hydrogens is 510 g/mol. The van der Waals surface area contributed by atoms with Crippen molar-refractivity contribution in [2.24, 2.45) is 0 Å². The molecule has 10 nitrogen and oxygen atoms in total. The van der Waals surface area contributed by atoms with E-state index < -0.39 is 6.61 Å². The van der Waals surface area contributed by atoms with Crippen LogP contribution < -0.4 is 20.7 Å². The van der Waals surface area contributed by atoms with Gasteiger partial charge in [0.25, 0.3) is 5.91 Å². The quantitative estimate of drug-likeness (QED) is 0.309. The van der Waals surface area contributed by atoms with Gasteiger partial charge >= 0.3 is 6.61 Å². The number of alkyl halides is 2. The molecule has 0 spiro atoms. The number of carbonyl (C=O) groups excluding carboxylic acids is 2. The molecule has 1 fully saturated rings. The van der Waals surface area contributed by atoms with Crippen molar-refractivity contribution in [3.63, 3.8) is 0 Å². The second-order valence-electron chi connectivity index (χ2n) is 9.12. The smallest absolute Gasteiger partial charge is 0.387 e. The van der Waals surface area contributed by atoms with Gasteiger partial charge in [0, 0.05) is 68.9 Å². The zero-order valence-electron chi connectivity index (χ0n) is 21.6. The lowest BCUT2D eigenvalue weighted by Gasteiger charge is -2.29. The Hall–Kier alpha value is -4.32. The number of amides is 2. The number of ether oxygens (including phenoxy) is 1. The fourth-order valence-electron chi connectivity index (χ4n) is 4.27. The van der Waals surface area contributed by atoms with Gasteiger partial charge in [-0.2, -0.15) is 8.78 Å². The molecule has 12 heteroatoms. The minimum atomic E-state index is -3.01. The summed E-state index contributed by atoms with van der Waals surface area (Å²) in [4.78, 5) is 35.0. The van der Waals surface area contributed by atoms with Crippen molar-refractivity contribution in [2.75, 3.05) is 31.3 Å². The lowest BCUT2D eigenvalue weighted by molar-refractivity contribution is -0.132. The summed E-state index contributed by atoms with van der Waals surface area (Å²) in [6.07, 6.45) is 4.46. The van der Waals surface area contributed by atoms with Gasteiger partial charge in [0.2, 0.25) is 11.9 Å². The van der Waals surface area contributed by atoms with Crippen LogP contribution in [0.15, 0.2) is 48.8 Å². The van der Waals surface area contributed by atoms with Crippen LogP contribution in [-0.4, -0.2) is 65.1 Å². The number of piperidine rings is 1. The predicted octanol–water partition coefficient (Wildman–Crippen LogP) is 3.24. The summed E-state index contributed by atoms with van der Waals surface area (Å²) in [5.74, 6) is 0.121. The van der Waals surface area contributed by atoms with Crippen LogP contribution in [0.1, 0.15) is 34.3 Å². The first-order valence-electron chi connectivity index (χ1n) is 12.4. The van der Waals surface area contributed by atoms with Crippen LogP contribution in [0.25, 0.3) is 11.1 Å². The maximum atomic E-state index is 12.9. The SMILES string of the molecule is CNC(=O)c1ccc(-c2cnc(NC3CCN(C)C(=O)C3)nc2)cc1NCc1cc(CO)ccc1OC(F)F. The molecule has 2 amide bonds. The van der Waals surface area contributed by atoms with Crippen molar-refractivity contribution in [1.82, 2.24) is 20.2 Å². The van der Waals surface area contributed by atoms with Gasteiger partial charge in [-0.15, -0.1) is 0 Å². The van der Waals surface area contributed by atoms with E-state index in [2.05, 4.69) is 30.7 Å². The van der Waals surface area contributed by atoms with Gasteiger partial charge in [-0.1, -0.05) is 12.1 Å². The number of likely N-dealkylation sites (tertiary alicyclic amines) is 1. The predicted molar refractivity (Wildman–Crippen MR) is 141 cm³/mol. The number of benzene rings is 2. The number of rotatable bonds is 10. The van der Waals surface area contributed by atoms with E-state index in [1.54, 1.807) is 48.6 Å². The van der Waals surface area contributed by atoms with Gasteiger partial charge in [0.05, 0.1) is 12.2 Å². The third-order valence-corrected chi connectivity index (χ3v) is 6.46. The lowest BCUT2D eigenvalue weighted by atomic mass is 10.0. The Bertz CT molecular complexity index is 1320. The highest BCUT2D eigenvalue weighted by molar-refractivity contribution is 6.00.